The van der Waals surface area contributed by atoms with Gasteiger partial charge in [-0.2, -0.15) is 0 Å². The highest BCUT2D eigenvalue weighted by Gasteiger charge is 2.31. The van der Waals surface area contributed by atoms with Gasteiger partial charge in [-0.15, -0.1) is 0 Å². The number of aliphatic hydroxyl groups is 1. The van der Waals surface area contributed by atoms with E-state index in [0.717, 1.165) is 24.2 Å². The van der Waals surface area contributed by atoms with Gasteiger partial charge in [-0.05, 0) is 37.5 Å². The molecule has 0 aliphatic heterocycles. The number of hydrogen-bond donors (Lipinski definition) is 1. The van der Waals surface area contributed by atoms with Crippen molar-refractivity contribution in [3.63, 3.8) is 0 Å². The normalized spacial score (nSPS) is 14.2. The molecule has 1 fully saturated rings. The summed E-state index contributed by atoms with van der Waals surface area (Å²) in [5.74, 6) is 0.925. The highest BCUT2D eigenvalue weighted by atomic mass is 16.5. The largest absolute Gasteiger partial charge is 0.494 e. The van der Waals surface area contributed by atoms with Crippen molar-refractivity contribution < 1.29 is 14.6 Å². The van der Waals surface area contributed by atoms with Crippen molar-refractivity contribution in [2.45, 2.75) is 32.2 Å². The molecule has 19 heavy (non-hydrogen) atoms. The highest BCUT2D eigenvalue weighted by Crippen LogP contribution is 2.27. The Balaban J connectivity index is 1.93. The number of rotatable bonds is 7. The average molecular weight is 263 g/mol. The average Bonchev–Trinajstić information content (AvgIpc) is 3.23. The van der Waals surface area contributed by atoms with E-state index >= 15 is 0 Å². The third kappa shape index (κ3) is 3.96. The van der Waals surface area contributed by atoms with E-state index in [4.69, 9.17) is 9.84 Å². The van der Waals surface area contributed by atoms with Crippen LogP contribution in [0.5, 0.6) is 5.75 Å². The molecular formula is C15H21NO3. The van der Waals surface area contributed by atoms with Crippen molar-refractivity contribution in [1.29, 1.82) is 0 Å². The zero-order valence-electron chi connectivity index (χ0n) is 11.3. The molecule has 1 aromatic carbocycles. The summed E-state index contributed by atoms with van der Waals surface area (Å²) in [6.07, 6.45) is 2.52. The quantitative estimate of drug-likeness (QED) is 0.813. The molecule has 2 rings (SSSR count). The SMILES string of the molecule is CCOc1ccc(CC(=O)N(CCO)C2CC2)cc1. The minimum Gasteiger partial charge on any atom is -0.494 e. The van der Waals surface area contributed by atoms with Crippen molar-refractivity contribution in [3.05, 3.63) is 29.8 Å². The summed E-state index contributed by atoms with van der Waals surface area (Å²) in [6.45, 7) is 3.07. The number of nitrogens with zero attached hydrogens (tertiary/aromatic N) is 1. The number of carbonyl (C=O) groups excluding carboxylic acids is 1. The van der Waals surface area contributed by atoms with Gasteiger partial charge < -0.3 is 14.7 Å². The lowest BCUT2D eigenvalue weighted by atomic mass is 10.1. The monoisotopic (exact) mass is 263 g/mol. The van der Waals surface area contributed by atoms with Crippen LogP contribution in [0.15, 0.2) is 24.3 Å². The van der Waals surface area contributed by atoms with Gasteiger partial charge in [0.15, 0.2) is 0 Å². The van der Waals surface area contributed by atoms with Crippen molar-refractivity contribution >= 4 is 5.91 Å². The molecule has 0 bridgehead atoms. The minimum atomic E-state index is 0.0333. The van der Waals surface area contributed by atoms with Crippen LogP contribution in [0.25, 0.3) is 0 Å². The Morgan fingerprint density at radius 3 is 2.58 bits per heavy atom. The van der Waals surface area contributed by atoms with Crippen LogP contribution in [-0.4, -0.2) is 41.7 Å². The summed E-state index contributed by atoms with van der Waals surface area (Å²) in [7, 11) is 0. The summed E-state index contributed by atoms with van der Waals surface area (Å²) >= 11 is 0. The smallest absolute Gasteiger partial charge is 0.227 e. The number of hydrogen-bond acceptors (Lipinski definition) is 3. The molecule has 1 N–H and O–H groups in total. The number of benzene rings is 1. The lowest BCUT2D eigenvalue weighted by molar-refractivity contribution is -0.131. The molecule has 0 aromatic heterocycles. The Kier molecular flexibility index (Phi) is 4.80. The Morgan fingerprint density at radius 2 is 2.05 bits per heavy atom. The molecule has 0 heterocycles. The maximum Gasteiger partial charge on any atom is 0.227 e. The fourth-order valence-corrected chi connectivity index (χ4v) is 2.15. The molecule has 0 unspecified atom stereocenters. The van der Waals surface area contributed by atoms with E-state index in [2.05, 4.69) is 0 Å². The molecule has 1 aromatic rings. The van der Waals surface area contributed by atoms with E-state index in [0.29, 0.717) is 25.6 Å². The van der Waals surface area contributed by atoms with E-state index in [-0.39, 0.29) is 12.5 Å². The van der Waals surface area contributed by atoms with Crippen LogP contribution in [-0.2, 0) is 11.2 Å². The fraction of sp³-hybridized carbons (Fsp3) is 0.533. The van der Waals surface area contributed by atoms with E-state index < -0.39 is 0 Å². The zero-order valence-corrected chi connectivity index (χ0v) is 11.3. The number of amides is 1. The first-order valence-electron chi connectivity index (χ1n) is 6.86. The molecule has 4 nitrogen and oxygen atoms in total. The van der Waals surface area contributed by atoms with E-state index in [1.807, 2.05) is 31.2 Å². The molecule has 4 heteroatoms. The van der Waals surface area contributed by atoms with Gasteiger partial charge >= 0.3 is 0 Å². The van der Waals surface area contributed by atoms with Crippen molar-refractivity contribution in [1.82, 2.24) is 4.90 Å². The highest BCUT2D eigenvalue weighted by molar-refractivity contribution is 5.79. The fourth-order valence-electron chi connectivity index (χ4n) is 2.15. The second-order valence-corrected chi connectivity index (χ2v) is 4.80. The molecule has 1 aliphatic carbocycles. The van der Waals surface area contributed by atoms with Crippen LogP contribution in [0.1, 0.15) is 25.3 Å². The molecule has 1 saturated carbocycles. The molecule has 104 valence electrons. The summed E-state index contributed by atoms with van der Waals surface area (Å²) < 4.78 is 5.37. The first-order chi connectivity index (χ1) is 9.24. The van der Waals surface area contributed by atoms with Crippen LogP contribution in [0.3, 0.4) is 0 Å². The Bertz CT molecular complexity index is 412. The van der Waals surface area contributed by atoms with Gasteiger partial charge in [0.05, 0.1) is 19.6 Å². The van der Waals surface area contributed by atoms with Gasteiger partial charge in [-0.1, -0.05) is 12.1 Å². The number of carbonyl (C=O) groups is 1. The van der Waals surface area contributed by atoms with Gasteiger partial charge in [0, 0.05) is 12.6 Å². The van der Waals surface area contributed by atoms with Gasteiger partial charge in [-0.25, -0.2) is 0 Å². The predicted molar refractivity (Wildman–Crippen MR) is 73.1 cm³/mol. The van der Waals surface area contributed by atoms with E-state index in [1.165, 1.54) is 0 Å². The summed E-state index contributed by atoms with van der Waals surface area (Å²) in [6, 6.07) is 7.97. The standard InChI is InChI=1S/C15H21NO3/c1-2-19-14-7-3-12(4-8-14)11-15(18)16(9-10-17)13-5-6-13/h3-4,7-8,13,17H,2,5-6,9-11H2,1H3. The van der Waals surface area contributed by atoms with E-state index in [9.17, 15) is 4.79 Å². The van der Waals surface area contributed by atoms with Crippen molar-refractivity contribution in [2.24, 2.45) is 0 Å². The van der Waals surface area contributed by atoms with Crippen LogP contribution in [0, 0.1) is 0 Å². The third-order valence-corrected chi connectivity index (χ3v) is 3.24. The molecule has 0 saturated heterocycles. The van der Waals surface area contributed by atoms with Crippen LogP contribution < -0.4 is 4.74 Å². The number of aliphatic hydroxyl groups excluding tert-OH is 1. The molecule has 0 radical (unpaired) electrons. The molecular weight excluding hydrogens is 242 g/mol. The Hall–Kier alpha value is -1.55. The van der Waals surface area contributed by atoms with Gasteiger partial charge in [0.2, 0.25) is 5.91 Å². The van der Waals surface area contributed by atoms with Gasteiger partial charge in [0.1, 0.15) is 5.75 Å². The second kappa shape index (κ2) is 6.57. The topological polar surface area (TPSA) is 49.8 Å². The zero-order chi connectivity index (χ0) is 13.7. The van der Waals surface area contributed by atoms with Crippen LogP contribution in [0.2, 0.25) is 0 Å². The summed E-state index contributed by atoms with van der Waals surface area (Å²) in [4.78, 5) is 14.0. The van der Waals surface area contributed by atoms with Crippen LogP contribution >= 0.6 is 0 Å². The summed E-state index contributed by atoms with van der Waals surface area (Å²) in [5, 5.41) is 9.01. The van der Waals surface area contributed by atoms with Crippen molar-refractivity contribution in [2.75, 3.05) is 19.8 Å². The lowest BCUT2D eigenvalue weighted by Gasteiger charge is -2.21. The minimum absolute atomic E-state index is 0.0333. The van der Waals surface area contributed by atoms with Crippen molar-refractivity contribution in [3.8, 4) is 5.75 Å². The van der Waals surface area contributed by atoms with E-state index in [1.54, 1.807) is 4.90 Å². The predicted octanol–water partition coefficient (Wildman–Crippen LogP) is 1.61. The molecule has 1 amide bonds. The molecule has 0 atom stereocenters. The lowest BCUT2D eigenvalue weighted by Crippen LogP contribution is -2.36. The Labute approximate surface area is 114 Å². The molecule has 0 spiro atoms. The van der Waals surface area contributed by atoms with Gasteiger partial charge in [-0.3, -0.25) is 4.79 Å². The first-order valence-corrected chi connectivity index (χ1v) is 6.86. The first kappa shape index (κ1) is 13.9. The summed E-state index contributed by atoms with van der Waals surface area (Å²) in [5.41, 5.74) is 0.983. The number of ether oxygens (including phenoxy) is 1. The third-order valence-electron chi connectivity index (χ3n) is 3.24. The Morgan fingerprint density at radius 1 is 1.37 bits per heavy atom. The van der Waals surface area contributed by atoms with Gasteiger partial charge in [0.25, 0.3) is 0 Å². The maximum atomic E-state index is 12.2. The molecule has 1 aliphatic rings. The second-order valence-electron chi connectivity index (χ2n) is 4.80. The maximum absolute atomic E-state index is 12.2. The van der Waals surface area contributed by atoms with Crippen LogP contribution in [0.4, 0.5) is 0 Å².